The van der Waals surface area contributed by atoms with E-state index in [4.69, 9.17) is 28.4 Å². The number of ether oxygens (including phenoxy) is 6. The Bertz CT molecular complexity index is 678. The van der Waals surface area contributed by atoms with Crippen molar-refractivity contribution in [3.63, 3.8) is 0 Å². The molecule has 0 amide bonds. The number of aliphatic hydroxyl groups is 8. The number of carbonyl (C=O) groups is 1. The molecule has 0 spiro atoms. The fraction of sp³-hybridized carbons (Fsp3) is 0.944. The Morgan fingerprint density at radius 3 is 2.00 bits per heavy atom. The molecule has 3 saturated heterocycles. The molecule has 0 aliphatic carbocycles. The maximum absolute atomic E-state index is 11.6. The van der Waals surface area contributed by atoms with Gasteiger partial charge < -0.3 is 74.4 Å². The average Bonchev–Trinajstić information content (AvgIpc) is 2.81. The molecule has 0 aromatic heterocycles. The normalized spacial score (nSPS) is 50.1. The molecule has 3 fully saturated rings. The first kappa shape index (κ1) is 27.5. The van der Waals surface area contributed by atoms with Gasteiger partial charge in [0.2, 0.25) is 0 Å². The van der Waals surface area contributed by atoms with Gasteiger partial charge >= 0.3 is 5.97 Å². The maximum atomic E-state index is 11.6. The highest BCUT2D eigenvalue weighted by atomic mass is 16.8. The van der Waals surface area contributed by atoms with E-state index >= 15 is 0 Å². The van der Waals surface area contributed by atoms with Crippen LogP contribution in [0.3, 0.4) is 0 Å². The molecule has 3 aliphatic rings. The lowest BCUT2D eigenvalue weighted by Crippen LogP contribution is -2.67. The van der Waals surface area contributed by atoms with Crippen LogP contribution in [0, 0.1) is 0 Å². The zero-order chi connectivity index (χ0) is 25.3. The minimum atomic E-state index is -1.97. The van der Waals surface area contributed by atoms with Crippen LogP contribution in [0.15, 0.2) is 0 Å². The molecule has 3 aliphatic heterocycles. The van der Waals surface area contributed by atoms with E-state index in [1.165, 1.54) is 0 Å². The van der Waals surface area contributed by atoms with Gasteiger partial charge in [0.05, 0.1) is 13.2 Å². The number of aliphatic hydroxyl groups excluding tert-OH is 8. The molecule has 14 atom stereocenters. The third kappa shape index (κ3) is 5.35. The number of rotatable bonds is 7. The van der Waals surface area contributed by atoms with Gasteiger partial charge in [0, 0.05) is 7.11 Å². The van der Waals surface area contributed by atoms with Gasteiger partial charge in [-0.05, 0) is 0 Å². The standard InChI is InChI=1S/C18H30O16/c1-29-18-14(34-17-10(25)8(23)7(22)5(2-19)31-17)12(11(26)13(33-18)15(27)28)32-16-9(24)6(21)4(20)3-30-16/h4-14,16-26H,2-3H2,1H3,(H,27,28)/t4-,5?,6+,7+,8+,9?,10?,11-,12+,13?,14?,16+,17+,18-/m1/s1. The Morgan fingerprint density at radius 1 is 0.794 bits per heavy atom. The fourth-order valence-corrected chi connectivity index (χ4v) is 3.91. The molecule has 0 saturated carbocycles. The smallest absolute Gasteiger partial charge is 0.335 e. The first-order chi connectivity index (χ1) is 16.0. The summed E-state index contributed by atoms with van der Waals surface area (Å²) in [6.07, 6.45) is -23.8. The van der Waals surface area contributed by atoms with Gasteiger partial charge in [0.25, 0.3) is 0 Å². The van der Waals surface area contributed by atoms with Crippen LogP contribution in [0.5, 0.6) is 0 Å². The van der Waals surface area contributed by atoms with Gasteiger partial charge in [-0.2, -0.15) is 0 Å². The van der Waals surface area contributed by atoms with Gasteiger partial charge in [-0.1, -0.05) is 0 Å². The van der Waals surface area contributed by atoms with E-state index in [9.17, 15) is 50.8 Å². The van der Waals surface area contributed by atoms with Gasteiger partial charge in [-0.15, -0.1) is 0 Å². The summed E-state index contributed by atoms with van der Waals surface area (Å²) < 4.78 is 31.9. The Labute approximate surface area is 192 Å². The predicted octanol–water partition coefficient (Wildman–Crippen LogP) is -6.19. The minimum Gasteiger partial charge on any atom is -0.479 e. The molecule has 9 N–H and O–H groups in total. The van der Waals surface area contributed by atoms with Crippen LogP contribution in [-0.4, -0.2) is 158 Å². The van der Waals surface area contributed by atoms with Crippen molar-refractivity contribution in [1.82, 2.24) is 0 Å². The average molecular weight is 502 g/mol. The summed E-state index contributed by atoms with van der Waals surface area (Å²) in [5.41, 5.74) is 0. The van der Waals surface area contributed by atoms with Gasteiger partial charge in [-0.25, -0.2) is 4.79 Å². The summed E-state index contributed by atoms with van der Waals surface area (Å²) >= 11 is 0. The minimum absolute atomic E-state index is 0.462. The molecule has 0 aromatic rings. The third-order valence-corrected chi connectivity index (χ3v) is 5.88. The molecule has 198 valence electrons. The van der Waals surface area contributed by atoms with Crippen LogP contribution in [0.1, 0.15) is 0 Å². The number of carboxylic acid groups (broad SMARTS) is 1. The summed E-state index contributed by atoms with van der Waals surface area (Å²) in [4.78, 5) is 11.6. The van der Waals surface area contributed by atoms with E-state index in [-0.39, 0.29) is 0 Å². The lowest BCUT2D eigenvalue weighted by Gasteiger charge is -2.47. The molecular formula is C18H30O16. The summed E-state index contributed by atoms with van der Waals surface area (Å²) in [6, 6.07) is 0. The fourth-order valence-electron chi connectivity index (χ4n) is 3.91. The number of aliphatic carboxylic acids is 1. The van der Waals surface area contributed by atoms with Gasteiger partial charge in [-0.3, -0.25) is 0 Å². The number of methoxy groups -OCH3 is 1. The molecule has 16 heteroatoms. The molecular weight excluding hydrogens is 472 g/mol. The van der Waals surface area contributed by atoms with E-state index in [1.54, 1.807) is 0 Å². The number of hydrogen-bond donors (Lipinski definition) is 9. The maximum Gasteiger partial charge on any atom is 0.335 e. The summed E-state index contributed by atoms with van der Waals surface area (Å²) in [5, 5.41) is 89.4. The van der Waals surface area contributed by atoms with Crippen molar-refractivity contribution in [2.24, 2.45) is 0 Å². The first-order valence-electron chi connectivity index (χ1n) is 10.4. The van der Waals surface area contributed by atoms with Crippen molar-refractivity contribution in [1.29, 1.82) is 0 Å². The monoisotopic (exact) mass is 502 g/mol. The predicted molar refractivity (Wildman–Crippen MR) is 101 cm³/mol. The Hall–Kier alpha value is -1.09. The van der Waals surface area contributed by atoms with E-state index in [0.29, 0.717) is 0 Å². The van der Waals surface area contributed by atoms with Crippen LogP contribution in [0.25, 0.3) is 0 Å². The molecule has 0 radical (unpaired) electrons. The lowest BCUT2D eigenvalue weighted by atomic mass is 9.96. The van der Waals surface area contributed by atoms with E-state index in [1.807, 2.05) is 0 Å². The van der Waals surface area contributed by atoms with Crippen molar-refractivity contribution in [3.05, 3.63) is 0 Å². The Balaban J connectivity index is 1.87. The highest BCUT2D eigenvalue weighted by Gasteiger charge is 2.55. The van der Waals surface area contributed by atoms with Gasteiger partial charge in [0.15, 0.2) is 25.0 Å². The van der Waals surface area contributed by atoms with Gasteiger partial charge in [0.1, 0.15) is 61.0 Å². The molecule has 34 heavy (non-hydrogen) atoms. The summed E-state index contributed by atoms with van der Waals surface area (Å²) in [5.74, 6) is -1.60. The van der Waals surface area contributed by atoms with Crippen LogP contribution in [0.2, 0.25) is 0 Å². The molecule has 3 rings (SSSR count). The highest BCUT2D eigenvalue weighted by Crippen LogP contribution is 2.32. The second kappa shape index (κ2) is 11.3. The Morgan fingerprint density at radius 2 is 1.41 bits per heavy atom. The third-order valence-electron chi connectivity index (χ3n) is 5.88. The largest absolute Gasteiger partial charge is 0.479 e. The van der Waals surface area contributed by atoms with Crippen molar-refractivity contribution in [3.8, 4) is 0 Å². The quantitative estimate of drug-likeness (QED) is 0.157. The molecule has 3 heterocycles. The summed E-state index contributed by atoms with van der Waals surface area (Å²) in [7, 11) is 1.11. The first-order valence-corrected chi connectivity index (χ1v) is 10.4. The highest BCUT2D eigenvalue weighted by molar-refractivity contribution is 5.73. The van der Waals surface area contributed by atoms with Crippen molar-refractivity contribution in [2.45, 2.75) is 86.0 Å². The summed E-state index contributed by atoms with van der Waals surface area (Å²) in [6.45, 7) is -1.22. The SMILES string of the molecule is CO[C@@H]1OC(C(=O)O)[C@H](O)[C@H](O[C@@H]2OC[C@@H](O)[C@H](O)C2O)C1O[C@@H]1OC(CO)[C@H](O)[C@H](O)C1O. The van der Waals surface area contributed by atoms with Crippen molar-refractivity contribution in [2.75, 3.05) is 20.3 Å². The van der Waals surface area contributed by atoms with Crippen LogP contribution in [-0.2, 0) is 33.2 Å². The second-order valence-electron chi connectivity index (χ2n) is 8.14. The Kier molecular flexibility index (Phi) is 9.15. The second-order valence-corrected chi connectivity index (χ2v) is 8.14. The number of hydrogen-bond acceptors (Lipinski definition) is 15. The van der Waals surface area contributed by atoms with Crippen LogP contribution >= 0.6 is 0 Å². The molecule has 0 aromatic carbocycles. The van der Waals surface area contributed by atoms with E-state index < -0.39 is 105 Å². The molecule has 0 bridgehead atoms. The van der Waals surface area contributed by atoms with Crippen molar-refractivity contribution >= 4 is 5.97 Å². The van der Waals surface area contributed by atoms with Crippen LogP contribution < -0.4 is 0 Å². The van der Waals surface area contributed by atoms with E-state index in [0.717, 1.165) is 7.11 Å². The van der Waals surface area contributed by atoms with E-state index in [2.05, 4.69) is 0 Å². The van der Waals surface area contributed by atoms with Crippen LogP contribution in [0.4, 0.5) is 0 Å². The zero-order valence-electron chi connectivity index (χ0n) is 17.9. The lowest BCUT2D eigenvalue weighted by molar-refractivity contribution is -0.382. The number of carboxylic acids is 1. The van der Waals surface area contributed by atoms with Crippen molar-refractivity contribution < 1.29 is 79.2 Å². The topological polar surface area (TPSA) is 255 Å². The molecule has 16 nitrogen and oxygen atoms in total. The zero-order valence-corrected chi connectivity index (χ0v) is 17.9. The molecule has 5 unspecified atom stereocenters.